The Morgan fingerprint density at radius 3 is 2.65 bits per heavy atom. The first-order chi connectivity index (χ1) is 10.6. The largest absolute Gasteiger partial charge is 0.444 e. The van der Waals surface area contributed by atoms with Gasteiger partial charge >= 0.3 is 6.09 Å². The Morgan fingerprint density at radius 1 is 1.43 bits per heavy atom. The number of amides is 1. The quantitative estimate of drug-likeness (QED) is 0.843. The number of nitrogens with zero attached hydrogens (tertiary/aromatic N) is 1. The van der Waals surface area contributed by atoms with Crippen LogP contribution in [0.4, 0.5) is 9.18 Å². The predicted molar refractivity (Wildman–Crippen MR) is 87.8 cm³/mol. The zero-order chi connectivity index (χ0) is 17.6. The number of aliphatic hydroxyl groups is 1. The lowest BCUT2D eigenvalue weighted by atomic mass is 10.1. The number of hydrogen-bond acceptors (Lipinski definition) is 4. The van der Waals surface area contributed by atoms with E-state index >= 15 is 0 Å². The fraction of sp³-hybridized carbons (Fsp3) is 0.588. The van der Waals surface area contributed by atoms with Gasteiger partial charge in [0, 0.05) is 19.6 Å². The van der Waals surface area contributed by atoms with E-state index in [4.69, 9.17) is 4.74 Å². The first-order valence-corrected chi connectivity index (χ1v) is 7.68. The van der Waals surface area contributed by atoms with Gasteiger partial charge in [0.1, 0.15) is 11.4 Å². The summed E-state index contributed by atoms with van der Waals surface area (Å²) in [4.78, 5) is 13.4. The van der Waals surface area contributed by atoms with Gasteiger partial charge in [-0.2, -0.15) is 0 Å². The smallest absolute Gasteiger partial charge is 0.407 e. The van der Waals surface area contributed by atoms with Gasteiger partial charge in [0.2, 0.25) is 0 Å². The number of halogens is 1. The third-order valence-electron chi connectivity index (χ3n) is 3.23. The van der Waals surface area contributed by atoms with Crippen LogP contribution in [0.25, 0.3) is 0 Å². The lowest BCUT2D eigenvalue weighted by Gasteiger charge is -2.22. The Balaban J connectivity index is 2.37. The summed E-state index contributed by atoms with van der Waals surface area (Å²) in [5, 5.41) is 12.8. The number of nitrogens with one attached hydrogen (secondary N) is 1. The highest BCUT2D eigenvalue weighted by molar-refractivity contribution is 5.67. The summed E-state index contributed by atoms with van der Waals surface area (Å²) < 4.78 is 18.7. The number of alkyl carbamates (subject to hydrolysis) is 1. The SMILES string of the molecule is Cc1ccc([C@H](O)CN(C)CCNC(=O)OC(C)(C)C)cc1F. The maximum Gasteiger partial charge on any atom is 0.407 e. The summed E-state index contributed by atoms with van der Waals surface area (Å²) in [6.45, 7) is 8.38. The number of hydrogen-bond donors (Lipinski definition) is 2. The Bertz CT molecular complexity index is 529. The van der Waals surface area contributed by atoms with Crippen LogP contribution in [0.15, 0.2) is 18.2 Å². The molecule has 0 aliphatic rings. The summed E-state index contributed by atoms with van der Waals surface area (Å²) in [5.74, 6) is -0.323. The third kappa shape index (κ3) is 7.43. The van der Waals surface area contributed by atoms with Gasteiger partial charge in [-0.25, -0.2) is 9.18 Å². The Labute approximate surface area is 137 Å². The molecule has 0 aliphatic carbocycles. The topological polar surface area (TPSA) is 61.8 Å². The number of likely N-dealkylation sites (N-methyl/N-ethyl adjacent to an activating group) is 1. The van der Waals surface area contributed by atoms with E-state index in [1.165, 1.54) is 6.07 Å². The molecule has 0 fully saturated rings. The van der Waals surface area contributed by atoms with Crippen LogP contribution in [0.1, 0.15) is 38.0 Å². The van der Waals surface area contributed by atoms with Crippen molar-refractivity contribution in [2.45, 2.75) is 39.4 Å². The molecule has 0 radical (unpaired) electrons. The van der Waals surface area contributed by atoms with Crippen LogP contribution in [-0.2, 0) is 4.74 Å². The van der Waals surface area contributed by atoms with Crippen molar-refractivity contribution in [1.29, 1.82) is 0 Å². The van der Waals surface area contributed by atoms with Gasteiger partial charge in [0.05, 0.1) is 6.10 Å². The second kappa shape index (κ2) is 8.26. The molecule has 6 heteroatoms. The van der Waals surface area contributed by atoms with Crippen molar-refractivity contribution in [3.05, 3.63) is 35.1 Å². The van der Waals surface area contributed by atoms with Gasteiger partial charge in [-0.05, 0) is 51.9 Å². The summed E-state index contributed by atoms with van der Waals surface area (Å²) in [6, 6.07) is 4.72. The van der Waals surface area contributed by atoms with E-state index in [0.29, 0.717) is 30.8 Å². The van der Waals surface area contributed by atoms with E-state index < -0.39 is 17.8 Å². The summed E-state index contributed by atoms with van der Waals surface area (Å²) in [6.07, 6.45) is -1.25. The number of ether oxygens (including phenoxy) is 1. The van der Waals surface area contributed by atoms with Crippen molar-refractivity contribution in [3.8, 4) is 0 Å². The van der Waals surface area contributed by atoms with Crippen LogP contribution >= 0.6 is 0 Å². The molecular weight excluding hydrogens is 299 g/mol. The van der Waals surface area contributed by atoms with Gasteiger partial charge < -0.3 is 20.1 Å². The van der Waals surface area contributed by atoms with Crippen molar-refractivity contribution >= 4 is 6.09 Å². The molecule has 1 aromatic carbocycles. The van der Waals surface area contributed by atoms with Crippen LogP contribution < -0.4 is 5.32 Å². The molecule has 1 rings (SSSR count). The fourth-order valence-electron chi connectivity index (χ4n) is 1.97. The Hall–Kier alpha value is -1.66. The molecular formula is C17H27FN2O3. The summed E-state index contributed by atoms with van der Waals surface area (Å²) in [5.41, 5.74) is 0.567. The van der Waals surface area contributed by atoms with E-state index in [9.17, 15) is 14.3 Å². The molecule has 5 nitrogen and oxygen atoms in total. The first kappa shape index (κ1) is 19.4. The summed E-state index contributed by atoms with van der Waals surface area (Å²) >= 11 is 0. The molecule has 0 unspecified atom stereocenters. The van der Waals surface area contributed by atoms with Crippen molar-refractivity contribution in [2.24, 2.45) is 0 Å². The second-order valence-electron chi connectivity index (χ2n) is 6.72. The molecule has 130 valence electrons. The number of aliphatic hydroxyl groups excluding tert-OH is 1. The number of benzene rings is 1. The molecule has 0 heterocycles. The van der Waals surface area contributed by atoms with Gasteiger partial charge in [-0.3, -0.25) is 0 Å². The van der Waals surface area contributed by atoms with Crippen molar-refractivity contribution < 1.29 is 19.0 Å². The fourth-order valence-corrected chi connectivity index (χ4v) is 1.97. The van der Waals surface area contributed by atoms with E-state index in [-0.39, 0.29) is 5.82 Å². The van der Waals surface area contributed by atoms with Gasteiger partial charge in [-0.15, -0.1) is 0 Å². The van der Waals surface area contributed by atoms with Crippen molar-refractivity contribution in [3.63, 3.8) is 0 Å². The maximum atomic E-state index is 13.5. The average Bonchev–Trinajstić information content (AvgIpc) is 2.39. The normalized spacial score (nSPS) is 13.0. The van der Waals surface area contributed by atoms with Crippen molar-refractivity contribution in [2.75, 3.05) is 26.7 Å². The van der Waals surface area contributed by atoms with Crippen molar-refractivity contribution in [1.82, 2.24) is 10.2 Å². The van der Waals surface area contributed by atoms with E-state index in [1.54, 1.807) is 39.8 Å². The number of aryl methyl sites for hydroxylation is 1. The Kier molecular flexibility index (Phi) is 6.97. The van der Waals surface area contributed by atoms with Crippen LogP contribution in [0.2, 0.25) is 0 Å². The third-order valence-corrected chi connectivity index (χ3v) is 3.23. The minimum absolute atomic E-state index is 0.323. The lowest BCUT2D eigenvalue weighted by Crippen LogP contribution is -2.37. The number of carbonyl (C=O) groups is 1. The molecule has 1 amide bonds. The van der Waals surface area contributed by atoms with Crippen LogP contribution in [-0.4, -0.2) is 48.4 Å². The monoisotopic (exact) mass is 326 g/mol. The van der Waals surface area contributed by atoms with Gasteiger partial charge in [0.15, 0.2) is 0 Å². The van der Waals surface area contributed by atoms with Gasteiger partial charge in [0.25, 0.3) is 0 Å². The molecule has 0 spiro atoms. The highest BCUT2D eigenvalue weighted by atomic mass is 19.1. The van der Waals surface area contributed by atoms with E-state index in [1.807, 2.05) is 11.9 Å². The minimum Gasteiger partial charge on any atom is -0.444 e. The minimum atomic E-state index is -0.781. The molecule has 0 saturated heterocycles. The number of carbonyl (C=O) groups excluding carboxylic acids is 1. The zero-order valence-corrected chi connectivity index (χ0v) is 14.5. The van der Waals surface area contributed by atoms with Crippen LogP contribution in [0.5, 0.6) is 0 Å². The molecule has 0 bridgehead atoms. The summed E-state index contributed by atoms with van der Waals surface area (Å²) in [7, 11) is 1.82. The lowest BCUT2D eigenvalue weighted by molar-refractivity contribution is 0.0520. The molecule has 1 atom stereocenters. The highest BCUT2D eigenvalue weighted by Crippen LogP contribution is 2.17. The first-order valence-electron chi connectivity index (χ1n) is 7.68. The standard InChI is InChI=1S/C17H27FN2O3/c1-12-6-7-13(10-14(12)18)15(21)11-20(5)9-8-19-16(22)23-17(2,3)4/h6-7,10,15,21H,8-9,11H2,1-5H3,(H,19,22)/t15-/m1/s1. The van der Waals surface area contributed by atoms with Gasteiger partial charge in [-0.1, -0.05) is 12.1 Å². The molecule has 1 aromatic rings. The predicted octanol–water partition coefficient (Wildman–Crippen LogP) is 2.62. The zero-order valence-electron chi connectivity index (χ0n) is 14.5. The maximum absolute atomic E-state index is 13.5. The van der Waals surface area contributed by atoms with Crippen LogP contribution in [0.3, 0.4) is 0 Å². The molecule has 0 aromatic heterocycles. The van der Waals surface area contributed by atoms with Crippen LogP contribution in [0, 0.1) is 12.7 Å². The number of rotatable bonds is 6. The molecule has 0 saturated carbocycles. The molecule has 2 N–H and O–H groups in total. The average molecular weight is 326 g/mol. The van der Waals surface area contributed by atoms with E-state index in [0.717, 1.165) is 0 Å². The highest BCUT2D eigenvalue weighted by Gasteiger charge is 2.16. The Morgan fingerprint density at radius 2 is 2.09 bits per heavy atom. The van der Waals surface area contributed by atoms with E-state index in [2.05, 4.69) is 5.32 Å². The molecule has 0 aliphatic heterocycles. The second-order valence-corrected chi connectivity index (χ2v) is 6.72. The molecule has 23 heavy (non-hydrogen) atoms.